The lowest BCUT2D eigenvalue weighted by Gasteiger charge is -2.08. The summed E-state index contributed by atoms with van der Waals surface area (Å²) in [6, 6.07) is 1.66. The van der Waals surface area contributed by atoms with E-state index in [1.54, 1.807) is 6.07 Å². The molecule has 0 spiro atoms. The van der Waals surface area contributed by atoms with Crippen molar-refractivity contribution in [1.82, 2.24) is 20.2 Å². The SMILES string of the molecule is CCNc1nc(Sc2ncn[nH]2)c(Cl)cc1Cl. The van der Waals surface area contributed by atoms with Crippen molar-refractivity contribution in [2.75, 3.05) is 11.9 Å². The molecule has 0 aromatic carbocycles. The number of pyridine rings is 1. The number of aromatic nitrogens is 4. The Hall–Kier alpha value is -0.980. The highest BCUT2D eigenvalue weighted by Gasteiger charge is 2.11. The second-order valence-corrected chi connectivity index (χ2v) is 4.82. The van der Waals surface area contributed by atoms with E-state index in [-0.39, 0.29) is 0 Å². The van der Waals surface area contributed by atoms with Crippen molar-refractivity contribution >= 4 is 40.8 Å². The van der Waals surface area contributed by atoms with Crippen LogP contribution in [0.2, 0.25) is 10.0 Å². The van der Waals surface area contributed by atoms with Gasteiger partial charge in [0.25, 0.3) is 0 Å². The first kappa shape index (κ1) is 12.5. The van der Waals surface area contributed by atoms with Crippen molar-refractivity contribution in [2.45, 2.75) is 17.1 Å². The summed E-state index contributed by atoms with van der Waals surface area (Å²) in [6.07, 6.45) is 1.43. The van der Waals surface area contributed by atoms with Crippen molar-refractivity contribution in [1.29, 1.82) is 0 Å². The van der Waals surface area contributed by atoms with Gasteiger partial charge in [0.15, 0.2) is 5.16 Å². The number of hydrogen-bond acceptors (Lipinski definition) is 5. The number of aromatic amines is 1. The maximum atomic E-state index is 6.06. The van der Waals surface area contributed by atoms with Crippen molar-refractivity contribution in [3.63, 3.8) is 0 Å². The fraction of sp³-hybridized carbons (Fsp3) is 0.222. The normalized spacial score (nSPS) is 10.5. The number of rotatable bonds is 4. The zero-order valence-electron chi connectivity index (χ0n) is 8.87. The number of halogens is 2. The molecule has 90 valence electrons. The summed E-state index contributed by atoms with van der Waals surface area (Å²) in [6.45, 7) is 2.71. The number of hydrogen-bond donors (Lipinski definition) is 2. The molecule has 17 heavy (non-hydrogen) atoms. The van der Waals surface area contributed by atoms with Crippen molar-refractivity contribution in [2.24, 2.45) is 0 Å². The summed E-state index contributed by atoms with van der Waals surface area (Å²) in [5, 5.41) is 11.8. The number of nitrogens with zero attached hydrogens (tertiary/aromatic N) is 3. The van der Waals surface area contributed by atoms with Crippen LogP contribution in [0.3, 0.4) is 0 Å². The molecule has 0 amide bonds. The lowest BCUT2D eigenvalue weighted by atomic mass is 10.4. The molecule has 0 saturated heterocycles. The van der Waals surface area contributed by atoms with Crippen LogP contribution in [0.25, 0.3) is 0 Å². The predicted octanol–water partition coefficient (Wildman–Crippen LogP) is 3.09. The van der Waals surface area contributed by atoms with Gasteiger partial charge in [-0.15, -0.1) is 0 Å². The molecule has 0 radical (unpaired) electrons. The van der Waals surface area contributed by atoms with Gasteiger partial charge in [-0.25, -0.2) is 9.97 Å². The van der Waals surface area contributed by atoms with E-state index in [9.17, 15) is 0 Å². The van der Waals surface area contributed by atoms with E-state index in [0.717, 1.165) is 6.54 Å². The van der Waals surface area contributed by atoms with Crippen LogP contribution in [-0.2, 0) is 0 Å². The molecular formula is C9H9Cl2N5S. The molecule has 0 aliphatic rings. The van der Waals surface area contributed by atoms with Crippen LogP contribution < -0.4 is 5.32 Å². The first-order valence-electron chi connectivity index (χ1n) is 4.84. The molecular weight excluding hydrogens is 281 g/mol. The molecule has 2 heterocycles. The van der Waals surface area contributed by atoms with E-state index in [1.165, 1.54) is 18.1 Å². The number of nitrogens with one attached hydrogen (secondary N) is 2. The summed E-state index contributed by atoms with van der Waals surface area (Å²) in [5.74, 6) is 0.612. The fourth-order valence-corrected chi connectivity index (χ4v) is 2.36. The Morgan fingerprint density at radius 1 is 1.41 bits per heavy atom. The maximum Gasteiger partial charge on any atom is 0.189 e. The fourth-order valence-electron chi connectivity index (χ4n) is 1.15. The second-order valence-electron chi connectivity index (χ2n) is 3.03. The lowest BCUT2D eigenvalue weighted by Crippen LogP contribution is -2.01. The van der Waals surface area contributed by atoms with Gasteiger partial charge in [-0.3, -0.25) is 5.10 Å². The highest BCUT2D eigenvalue weighted by Crippen LogP contribution is 2.34. The average molecular weight is 290 g/mol. The second kappa shape index (κ2) is 5.57. The van der Waals surface area contributed by atoms with Gasteiger partial charge in [0.1, 0.15) is 17.2 Å². The minimum absolute atomic E-state index is 0.484. The van der Waals surface area contributed by atoms with Gasteiger partial charge in [-0.2, -0.15) is 5.10 Å². The van der Waals surface area contributed by atoms with E-state index in [0.29, 0.717) is 26.0 Å². The van der Waals surface area contributed by atoms with Crippen molar-refractivity contribution in [3.05, 3.63) is 22.4 Å². The van der Waals surface area contributed by atoms with E-state index in [4.69, 9.17) is 23.2 Å². The predicted molar refractivity (Wildman–Crippen MR) is 68.9 cm³/mol. The van der Waals surface area contributed by atoms with Crippen molar-refractivity contribution < 1.29 is 0 Å². The molecule has 0 unspecified atom stereocenters. The Balaban J connectivity index is 2.29. The Kier molecular flexibility index (Phi) is 4.09. The summed E-state index contributed by atoms with van der Waals surface area (Å²) in [7, 11) is 0. The van der Waals surface area contributed by atoms with Crippen molar-refractivity contribution in [3.8, 4) is 0 Å². The molecule has 0 atom stereocenters. The molecule has 2 N–H and O–H groups in total. The zero-order chi connectivity index (χ0) is 12.3. The maximum absolute atomic E-state index is 6.06. The van der Waals surface area contributed by atoms with Gasteiger partial charge < -0.3 is 5.32 Å². The quantitative estimate of drug-likeness (QED) is 0.905. The number of H-pyrrole nitrogens is 1. The molecule has 0 bridgehead atoms. The molecule has 0 aliphatic carbocycles. The van der Waals surface area contributed by atoms with Crippen LogP contribution in [0.15, 0.2) is 22.6 Å². The van der Waals surface area contributed by atoms with Crippen LogP contribution in [0.5, 0.6) is 0 Å². The van der Waals surface area contributed by atoms with Gasteiger partial charge in [0.2, 0.25) is 0 Å². The summed E-state index contributed by atoms with van der Waals surface area (Å²) >= 11 is 13.4. The molecule has 0 saturated carbocycles. The molecule has 2 aromatic rings. The smallest absolute Gasteiger partial charge is 0.189 e. The van der Waals surface area contributed by atoms with Gasteiger partial charge in [-0.05, 0) is 24.8 Å². The largest absolute Gasteiger partial charge is 0.369 e. The molecule has 5 nitrogen and oxygen atoms in total. The number of anilines is 1. The van der Waals surface area contributed by atoms with Crippen LogP contribution in [0, 0.1) is 0 Å². The lowest BCUT2D eigenvalue weighted by molar-refractivity contribution is 0.967. The molecule has 2 rings (SSSR count). The Morgan fingerprint density at radius 2 is 2.24 bits per heavy atom. The van der Waals surface area contributed by atoms with Crippen LogP contribution >= 0.6 is 35.0 Å². The first-order valence-corrected chi connectivity index (χ1v) is 6.41. The standard InChI is InChI=1S/C9H9Cl2N5S/c1-2-12-7-5(10)3-6(11)8(15-7)17-9-13-4-14-16-9/h3-4H,2H2,1H3,(H,12,15)(H,13,14,16). The Bertz CT molecular complexity index is 502. The molecule has 0 fully saturated rings. The van der Waals surface area contributed by atoms with Gasteiger partial charge in [0, 0.05) is 6.54 Å². The third-order valence-corrected chi connectivity index (χ3v) is 3.41. The average Bonchev–Trinajstić information content (AvgIpc) is 2.78. The highest BCUT2D eigenvalue weighted by molar-refractivity contribution is 7.99. The zero-order valence-corrected chi connectivity index (χ0v) is 11.2. The summed E-state index contributed by atoms with van der Waals surface area (Å²) < 4.78 is 0. The molecule has 2 aromatic heterocycles. The third kappa shape index (κ3) is 3.02. The third-order valence-electron chi connectivity index (χ3n) is 1.83. The Morgan fingerprint density at radius 3 is 2.88 bits per heavy atom. The van der Waals surface area contributed by atoms with Gasteiger partial charge in [0.05, 0.1) is 10.0 Å². The minimum Gasteiger partial charge on any atom is -0.369 e. The van der Waals surface area contributed by atoms with Gasteiger partial charge in [-0.1, -0.05) is 23.2 Å². The van der Waals surface area contributed by atoms with Gasteiger partial charge >= 0.3 is 0 Å². The topological polar surface area (TPSA) is 66.5 Å². The molecule has 0 aliphatic heterocycles. The van der Waals surface area contributed by atoms with Crippen LogP contribution in [-0.4, -0.2) is 26.7 Å². The summed E-state index contributed by atoms with van der Waals surface area (Å²) in [4.78, 5) is 8.33. The van der Waals surface area contributed by atoms with E-state index >= 15 is 0 Å². The van der Waals surface area contributed by atoms with E-state index in [1.807, 2.05) is 6.92 Å². The van der Waals surface area contributed by atoms with Crippen LogP contribution in [0.1, 0.15) is 6.92 Å². The Labute approximate surface area is 112 Å². The van der Waals surface area contributed by atoms with Crippen LogP contribution in [0.4, 0.5) is 5.82 Å². The molecule has 8 heteroatoms. The highest BCUT2D eigenvalue weighted by atomic mass is 35.5. The monoisotopic (exact) mass is 289 g/mol. The van der Waals surface area contributed by atoms with E-state index in [2.05, 4.69) is 25.5 Å². The minimum atomic E-state index is 0.484. The summed E-state index contributed by atoms with van der Waals surface area (Å²) in [5.41, 5.74) is 0. The van der Waals surface area contributed by atoms with E-state index < -0.39 is 0 Å². The first-order chi connectivity index (χ1) is 8.20.